The summed E-state index contributed by atoms with van der Waals surface area (Å²) in [5.41, 5.74) is 0.686. The Kier molecular flexibility index (Phi) is 7.98. The number of rotatable bonds is 9. The molecule has 1 aromatic heterocycles. The molecule has 0 spiro atoms. The molecule has 31 heavy (non-hydrogen) atoms. The van der Waals surface area contributed by atoms with E-state index in [1.54, 1.807) is 34.9 Å². The number of amides is 1. The van der Waals surface area contributed by atoms with Crippen LogP contribution in [0.25, 0.3) is 10.2 Å². The fourth-order valence-electron chi connectivity index (χ4n) is 2.79. The number of likely N-dealkylation sites (N-methyl/N-ethyl adjacent to an activating group) is 1. The number of thioether (sulfide) groups is 1. The van der Waals surface area contributed by atoms with Crippen LogP contribution in [0.2, 0.25) is 5.02 Å². The van der Waals surface area contributed by atoms with Crippen LogP contribution in [0.3, 0.4) is 0 Å². The number of sulfone groups is 1. The van der Waals surface area contributed by atoms with Gasteiger partial charge in [0.05, 0.1) is 15.1 Å². The fourth-order valence-corrected chi connectivity index (χ4v) is 5.52. The minimum absolute atomic E-state index is 0.00861. The minimum atomic E-state index is -3.30. The highest BCUT2D eigenvalue weighted by Crippen LogP contribution is 2.31. The molecule has 1 heterocycles. The number of carbonyl (C=O) groups is 1. The zero-order valence-corrected chi connectivity index (χ0v) is 20.7. The summed E-state index contributed by atoms with van der Waals surface area (Å²) in [4.78, 5) is 22.7. The van der Waals surface area contributed by atoms with E-state index in [1.807, 2.05) is 43.3 Å². The molecule has 0 aliphatic heterocycles. The molecule has 0 fully saturated rings. The molecule has 0 bridgehead atoms. The molecular formula is C21H24ClN3O3S3. The molecule has 0 N–H and O–H groups in total. The van der Waals surface area contributed by atoms with Crippen LogP contribution in [0.1, 0.15) is 6.42 Å². The Balaban J connectivity index is 1.77. The lowest BCUT2D eigenvalue weighted by Gasteiger charge is -2.22. The van der Waals surface area contributed by atoms with Crippen LogP contribution in [0, 0.1) is 0 Å². The first-order chi connectivity index (χ1) is 14.6. The van der Waals surface area contributed by atoms with Crippen molar-refractivity contribution in [1.29, 1.82) is 0 Å². The Morgan fingerprint density at radius 3 is 2.48 bits per heavy atom. The molecule has 0 saturated heterocycles. The van der Waals surface area contributed by atoms with Crippen LogP contribution in [0.15, 0.2) is 52.3 Å². The second-order valence-electron chi connectivity index (χ2n) is 7.30. The maximum absolute atomic E-state index is 13.0. The number of carbonyl (C=O) groups excluding carboxylic acids is 1. The molecule has 3 aromatic rings. The first-order valence-electron chi connectivity index (χ1n) is 9.57. The van der Waals surface area contributed by atoms with Gasteiger partial charge in [-0.1, -0.05) is 22.9 Å². The summed E-state index contributed by atoms with van der Waals surface area (Å²) in [7, 11) is 0.605. The summed E-state index contributed by atoms with van der Waals surface area (Å²) in [5.74, 6) is 0.632. The molecule has 0 radical (unpaired) electrons. The zero-order valence-electron chi connectivity index (χ0n) is 17.5. The van der Waals surface area contributed by atoms with Crippen molar-refractivity contribution in [3.63, 3.8) is 0 Å². The van der Waals surface area contributed by atoms with E-state index in [2.05, 4.69) is 4.98 Å². The maximum atomic E-state index is 13.0. The standard InChI is InChI=1S/C21H24ClN3O3S3/c1-24(2)11-12-25(20(26)10-13-29-16-6-4-15(22)5-7-16)21-23-18-9-8-17(31(3,27)28)14-19(18)30-21/h4-9,14H,10-13H2,1-3H3. The van der Waals surface area contributed by atoms with Crippen LogP contribution < -0.4 is 4.90 Å². The van der Waals surface area contributed by atoms with E-state index in [0.717, 1.165) is 9.60 Å². The van der Waals surface area contributed by atoms with E-state index >= 15 is 0 Å². The summed E-state index contributed by atoms with van der Waals surface area (Å²) >= 11 is 8.86. The highest BCUT2D eigenvalue weighted by atomic mass is 35.5. The third kappa shape index (κ3) is 6.66. The van der Waals surface area contributed by atoms with Gasteiger partial charge in [0, 0.05) is 41.4 Å². The average molecular weight is 498 g/mol. The van der Waals surface area contributed by atoms with Gasteiger partial charge in [0.1, 0.15) is 0 Å². The number of hydrogen-bond donors (Lipinski definition) is 0. The number of thiazole rings is 1. The monoisotopic (exact) mass is 497 g/mol. The molecule has 6 nitrogen and oxygen atoms in total. The third-order valence-corrected chi connectivity index (χ3v) is 7.89. The number of aromatic nitrogens is 1. The number of nitrogens with zero attached hydrogens (tertiary/aromatic N) is 3. The Bertz CT molecular complexity index is 1160. The lowest BCUT2D eigenvalue weighted by molar-refractivity contribution is -0.118. The van der Waals surface area contributed by atoms with Gasteiger partial charge in [-0.15, -0.1) is 11.8 Å². The Labute approximate surface area is 196 Å². The topological polar surface area (TPSA) is 70.6 Å². The molecule has 0 aliphatic rings. The number of anilines is 1. The molecule has 0 unspecified atom stereocenters. The zero-order chi connectivity index (χ0) is 22.6. The van der Waals surface area contributed by atoms with E-state index < -0.39 is 9.84 Å². The first kappa shape index (κ1) is 24.0. The molecule has 10 heteroatoms. The van der Waals surface area contributed by atoms with E-state index in [-0.39, 0.29) is 10.8 Å². The van der Waals surface area contributed by atoms with Crippen LogP contribution in [-0.2, 0) is 14.6 Å². The Morgan fingerprint density at radius 1 is 1.13 bits per heavy atom. The summed E-state index contributed by atoms with van der Waals surface area (Å²) in [6.45, 7) is 1.21. The van der Waals surface area contributed by atoms with Crippen LogP contribution in [0.4, 0.5) is 5.13 Å². The number of hydrogen-bond acceptors (Lipinski definition) is 7. The van der Waals surface area contributed by atoms with Crippen LogP contribution >= 0.6 is 34.7 Å². The SMILES string of the molecule is CN(C)CCN(C(=O)CCSc1ccc(Cl)cc1)c1nc2ccc(S(C)(=O)=O)cc2s1. The van der Waals surface area contributed by atoms with E-state index in [4.69, 9.17) is 11.6 Å². The predicted octanol–water partition coefficient (Wildman–Crippen LogP) is 4.43. The van der Waals surface area contributed by atoms with Crippen LogP contribution in [0.5, 0.6) is 0 Å². The number of fused-ring (bicyclic) bond motifs is 1. The highest BCUT2D eigenvalue weighted by molar-refractivity contribution is 7.99. The number of halogens is 1. The minimum Gasteiger partial charge on any atom is -0.308 e. The quantitative estimate of drug-likeness (QED) is 0.407. The smallest absolute Gasteiger partial charge is 0.229 e. The second-order valence-corrected chi connectivity index (χ2v) is 11.9. The molecular weight excluding hydrogens is 474 g/mol. The first-order valence-corrected chi connectivity index (χ1v) is 13.6. The van der Waals surface area contributed by atoms with Crippen molar-refractivity contribution < 1.29 is 13.2 Å². The Hall–Kier alpha value is -1.65. The fraction of sp³-hybridized carbons (Fsp3) is 0.333. The van der Waals surface area contributed by atoms with Crippen LogP contribution in [-0.4, -0.2) is 63.4 Å². The van der Waals surface area contributed by atoms with Crippen molar-refractivity contribution in [3.8, 4) is 0 Å². The van der Waals surface area contributed by atoms with Gasteiger partial charge in [0.15, 0.2) is 15.0 Å². The van der Waals surface area contributed by atoms with Gasteiger partial charge in [-0.3, -0.25) is 9.69 Å². The lowest BCUT2D eigenvalue weighted by atomic mass is 10.3. The largest absolute Gasteiger partial charge is 0.308 e. The predicted molar refractivity (Wildman–Crippen MR) is 130 cm³/mol. The highest BCUT2D eigenvalue weighted by Gasteiger charge is 2.20. The lowest BCUT2D eigenvalue weighted by Crippen LogP contribution is -2.36. The summed E-state index contributed by atoms with van der Waals surface area (Å²) in [6, 6.07) is 12.4. The third-order valence-electron chi connectivity index (χ3n) is 4.48. The molecule has 2 aromatic carbocycles. The van der Waals surface area contributed by atoms with Crippen molar-refractivity contribution in [2.45, 2.75) is 16.2 Å². The van der Waals surface area contributed by atoms with Gasteiger partial charge < -0.3 is 4.90 Å². The molecule has 0 atom stereocenters. The summed E-state index contributed by atoms with van der Waals surface area (Å²) in [6.07, 6.45) is 1.55. The van der Waals surface area contributed by atoms with Crippen molar-refractivity contribution in [1.82, 2.24) is 9.88 Å². The summed E-state index contributed by atoms with van der Waals surface area (Å²) < 4.78 is 24.5. The van der Waals surface area contributed by atoms with Crippen molar-refractivity contribution >= 4 is 65.8 Å². The average Bonchev–Trinajstić information content (AvgIpc) is 3.11. The van der Waals surface area contributed by atoms with Gasteiger partial charge >= 0.3 is 0 Å². The summed E-state index contributed by atoms with van der Waals surface area (Å²) in [5, 5.41) is 1.27. The van der Waals surface area contributed by atoms with Gasteiger partial charge in [0.2, 0.25) is 5.91 Å². The number of benzene rings is 2. The van der Waals surface area contributed by atoms with Gasteiger partial charge in [-0.2, -0.15) is 0 Å². The Morgan fingerprint density at radius 2 is 1.84 bits per heavy atom. The second kappa shape index (κ2) is 10.3. The molecule has 0 aliphatic carbocycles. The van der Waals surface area contributed by atoms with Crippen molar-refractivity contribution in [3.05, 3.63) is 47.5 Å². The maximum Gasteiger partial charge on any atom is 0.229 e. The van der Waals surface area contributed by atoms with E-state index in [9.17, 15) is 13.2 Å². The van der Waals surface area contributed by atoms with Crippen molar-refractivity contribution in [2.75, 3.05) is 44.1 Å². The molecule has 1 amide bonds. The van der Waals surface area contributed by atoms with Gasteiger partial charge in [-0.05, 0) is 56.6 Å². The van der Waals surface area contributed by atoms with Gasteiger partial charge in [-0.25, -0.2) is 13.4 Å². The van der Waals surface area contributed by atoms with Gasteiger partial charge in [0.25, 0.3) is 0 Å². The van der Waals surface area contributed by atoms with E-state index in [0.29, 0.717) is 40.9 Å². The molecule has 166 valence electrons. The molecule has 3 rings (SSSR count). The molecule has 0 saturated carbocycles. The normalized spacial score (nSPS) is 11.9. The van der Waals surface area contributed by atoms with Crippen molar-refractivity contribution in [2.24, 2.45) is 0 Å². The van der Waals surface area contributed by atoms with E-state index in [1.165, 1.54) is 17.6 Å².